The summed E-state index contributed by atoms with van der Waals surface area (Å²) in [6.07, 6.45) is 2.90. The van der Waals surface area contributed by atoms with Crippen LogP contribution in [0.5, 0.6) is 0 Å². The van der Waals surface area contributed by atoms with Crippen LogP contribution in [-0.4, -0.2) is 41.1 Å². The van der Waals surface area contributed by atoms with Crippen molar-refractivity contribution in [2.24, 2.45) is 5.92 Å². The van der Waals surface area contributed by atoms with E-state index in [0.717, 1.165) is 19.3 Å². The molecular formula is C17H24N4O4S. The molecule has 0 aromatic carbocycles. The molecule has 0 radical (unpaired) electrons. The first-order valence-corrected chi connectivity index (χ1v) is 10.5. The van der Waals surface area contributed by atoms with E-state index in [0.29, 0.717) is 36.3 Å². The number of aromatic nitrogens is 3. The highest BCUT2D eigenvalue weighted by Gasteiger charge is 2.56. The summed E-state index contributed by atoms with van der Waals surface area (Å²) in [5.74, 6) is 1.94. The molecule has 9 heteroatoms. The van der Waals surface area contributed by atoms with Gasteiger partial charge >= 0.3 is 0 Å². The van der Waals surface area contributed by atoms with Crippen molar-refractivity contribution in [3.8, 4) is 0 Å². The fraction of sp³-hybridized carbons (Fsp3) is 0.706. The monoisotopic (exact) mass is 380 g/mol. The molecule has 3 heterocycles. The fourth-order valence-electron chi connectivity index (χ4n) is 4.44. The lowest BCUT2D eigenvalue weighted by atomic mass is 9.80. The zero-order valence-corrected chi connectivity index (χ0v) is 16.3. The predicted molar refractivity (Wildman–Crippen MR) is 92.1 cm³/mol. The van der Waals surface area contributed by atoms with Crippen molar-refractivity contribution in [3.63, 3.8) is 0 Å². The summed E-state index contributed by atoms with van der Waals surface area (Å²) in [5, 5.41) is 8.03. The van der Waals surface area contributed by atoms with Gasteiger partial charge in [-0.1, -0.05) is 30.6 Å². The van der Waals surface area contributed by atoms with Crippen molar-refractivity contribution in [1.82, 2.24) is 19.6 Å². The van der Waals surface area contributed by atoms with Crippen molar-refractivity contribution in [2.75, 3.05) is 13.1 Å². The van der Waals surface area contributed by atoms with E-state index in [1.807, 2.05) is 13.8 Å². The second-order valence-corrected chi connectivity index (χ2v) is 9.68. The van der Waals surface area contributed by atoms with E-state index in [1.165, 1.54) is 0 Å². The van der Waals surface area contributed by atoms with Gasteiger partial charge in [-0.2, -0.15) is 9.29 Å². The van der Waals surface area contributed by atoms with Crippen LogP contribution in [0.1, 0.15) is 62.2 Å². The number of hydrogen-bond donors (Lipinski definition) is 0. The highest BCUT2D eigenvalue weighted by Crippen LogP contribution is 2.51. The van der Waals surface area contributed by atoms with Gasteiger partial charge < -0.3 is 9.05 Å². The van der Waals surface area contributed by atoms with E-state index >= 15 is 0 Å². The SMILES string of the molecule is Cc1noc(C)c1S(=O)(=O)N1C[C@H]2CCC[C@@]2(c2noc(C(C)C)n2)C1. The number of sulfonamides is 1. The molecule has 1 saturated carbocycles. The summed E-state index contributed by atoms with van der Waals surface area (Å²) in [4.78, 5) is 4.79. The third kappa shape index (κ3) is 2.44. The van der Waals surface area contributed by atoms with Gasteiger partial charge in [0.25, 0.3) is 0 Å². The molecule has 1 saturated heterocycles. The molecule has 2 aliphatic rings. The molecule has 2 aromatic heterocycles. The highest BCUT2D eigenvalue weighted by atomic mass is 32.2. The van der Waals surface area contributed by atoms with Crippen LogP contribution < -0.4 is 0 Å². The molecule has 8 nitrogen and oxygen atoms in total. The Morgan fingerprint density at radius 3 is 2.62 bits per heavy atom. The summed E-state index contributed by atoms with van der Waals surface area (Å²) in [6, 6.07) is 0. The van der Waals surface area contributed by atoms with Gasteiger partial charge in [0.15, 0.2) is 11.6 Å². The Morgan fingerprint density at radius 2 is 2.00 bits per heavy atom. The molecule has 0 spiro atoms. The first kappa shape index (κ1) is 17.7. The zero-order chi connectivity index (χ0) is 18.7. The standard InChI is InChI=1S/C17H24N4O4S/c1-10(2)15-18-16(20-25-15)17-7-5-6-13(17)8-21(9-17)26(22,23)14-11(3)19-24-12(14)4/h10,13H,5-9H2,1-4H3/t13-,17-/m1/s1. The van der Waals surface area contributed by atoms with Gasteiger partial charge in [-0.25, -0.2) is 8.42 Å². The first-order valence-electron chi connectivity index (χ1n) is 9.03. The van der Waals surface area contributed by atoms with Gasteiger partial charge in [-0.15, -0.1) is 0 Å². The summed E-state index contributed by atoms with van der Waals surface area (Å²) in [7, 11) is -3.66. The van der Waals surface area contributed by atoms with Crippen LogP contribution in [0.3, 0.4) is 0 Å². The molecular weight excluding hydrogens is 356 g/mol. The van der Waals surface area contributed by atoms with E-state index in [1.54, 1.807) is 18.2 Å². The second-order valence-electron chi connectivity index (χ2n) is 7.81. The van der Waals surface area contributed by atoms with E-state index in [9.17, 15) is 8.42 Å². The van der Waals surface area contributed by atoms with Gasteiger partial charge in [0.2, 0.25) is 15.9 Å². The minimum Gasteiger partial charge on any atom is -0.360 e. The number of aryl methyl sites for hydroxylation is 2. The molecule has 1 aliphatic carbocycles. The molecule has 142 valence electrons. The fourth-order valence-corrected chi connectivity index (χ4v) is 6.28. The Balaban J connectivity index is 1.71. The van der Waals surface area contributed by atoms with E-state index in [4.69, 9.17) is 9.05 Å². The molecule has 2 aromatic rings. The minimum absolute atomic E-state index is 0.149. The van der Waals surface area contributed by atoms with Crippen molar-refractivity contribution in [1.29, 1.82) is 0 Å². The quantitative estimate of drug-likeness (QED) is 0.803. The average molecular weight is 380 g/mol. The van der Waals surface area contributed by atoms with Gasteiger partial charge in [0.1, 0.15) is 10.6 Å². The Bertz CT molecular complexity index is 913. The van der Waals surface area contributed by atoms with Gasteiger partial charge in [0.05, 0.1) is 5.41 Å². The topological polar surface area (TPSA) is 102 Å². The average Bonchev–Trinajstić information content (AvgIpc) is 3.28. The van der Waals surface area contributed by atoms with E-state index in [2.05, 4.69) is 15.3 Å². The summed E-state index contributed by atoms with van der Waals surface area (Å²) < 4.78 is 38.5. The van der Waals surface area contributed by atoms with Crippen molar-refractivity contribution >= 4 is 10.0 Å². The molecule has 2 fully saturated rings. The Kier molecular flexibility index (Phi) is 4.00. The largest absolute Gasteiger partial charge is 0.360 e. The Morgan fingerprint density at radius 1 is 1.23 bits per heavy atom. The highest BCUT2D eigenvalue weighted by molar-refractivity contribution is 7.89. The third-order valence-corrected chi connectivity index (χ3v) is 7.84. The Hall–Kier alpha value is -1.74. The molecule has 26 heavy (non-hydrogen) atoms. The van der Waals surface area contributed by atoms with Crippen LogP contribution in [-0.2, 0) is 15.4 Å². The number of rotatable bonds is 4. The van der Waals surface area contributed by atoms with Crippen LogP contribution in [0.25, 0.3) is 0 Å². The molecule has 0 bridgehead atoms. The molecule has 1 aliphatic heterocycles. The Labute approximate surface area is 153 Å². The van der Waals surface area contributed by atoms with E-state index < -0.39 is 10.0 Å². The second kappa shape index (κ2) is 5.88. The molecule has 0 N–H and O–H groups in total. The summed E-state index contributed by atoms with van der Waals surface area (Å²) >= 11 is 0. The number of fused-ring (bicyclic) bond motifs is 1. The maximum Gasteiger partial charge on any atom is 0.248 e. The lowest BCUT2D eigenvalue weighted by Gasteiger charge is -2.24. The third-order valence-electron chi connectivity index (χ3n) is 5.79. The summed E-state index contributed by atoms with van der Waals surface area (Å²) in [5.41, 5.74) is 0.0399. The first-order chi connectivity index (χ1) is 12.3. The van der Waals surface area contributed by atoms with Crippen molar-refractivity contribution in [2.45, 2.75) is 63.2 Å². The van der Waals surface area contributed by atoms with Crippen LogP contribution in [0.15, 0.2) is 13.9 Å². The van der Waals surface area contributed by atoms with Crippen molar-refractivity contribution < 1.29 is 17.5 Å². The zero-order valence-electron chi connectivity index (χ0n) is 15.5. The molecule has 0 amide bonds. The van der Waals surface area contributed by atoms with Gasteiger partial charge in [0, 0.05) is 19.0 Å². The lowest BCUT2D eigenvalue weighted by molar-refractivity contribution is 0.324. The molecule has 0 unspecified atom stereocenters. The van der Waals surface area contributed by atoms with Crippen LogP contribution in [0, 0.1) is 19.8 Å². The van der Waals surface area contributed by atoms with E-state index in [-0.39, 0.29) is 22.1 Å². The van der Waals surface area contributed by atoms with Gasteiger partial charge in [-0.05, 0) is 32.6 Å². The van der Waals surface area contributed by atoms with Gasteiger partial charge in [-0.3, -0.25) is 0 Å². The molecule has 4 rings (SSSR count). The van der Waals surface area contributed by atoms with Crippen LogP contribution in [0.4, 0.5) is 0 Å². The smallest absolute Gasteiger partial charge is 0.248 e. The maximum atomic E-state index is 13.2. The number of hydrogen-bond acceptors (Lipinski definition) is 7. The number of nitrogens with zero attached hydrogens (tertiary/aromatic N) is 4. The lowest BCUT2D eigenvalue weighted by Crippen LogP contribution is -2.35. The van der Waals surface area contributed by atoms with Crippen LogP contribution >= 0.6 is 0 Å². The molecule has 2 atom stereocenters. The normalized spacial score (nSPS) is 26.7. The van der Waals surface area contributed by atoms with Crippen molar-refractivity contribution in [3.05, 3.63) is 23.2 Å². The minimum atomic E-state index is -3.66. The maximum absolute atomic E-state index is 13.2. The van der Waals surface area contributed by atoms with Crippen LogP contribution in [0.2, 0.25) is 0 Å². The predicted octanol–water partition coefficient (Wildman–Crippen LogP) is 2.54. The summed E-state index contributed by atoms with van der Waals surface area (Å²) in [6.45, 7) is 8.14.